The number of hydrogen-bond acceptors (Lipinski definition) is 7. The molecule has 0 unspecified atom stereocenters. The Hall–Kier alpha value is -3.94. The van der Waals surface area contributed by atoms with Gasteiger partial charge in [0.15, 0.2) is 11.4 Å². The van der Waals surface area contributed by atoms with E-state index in [9.17, 15) is 14.4 Å². The molecule has 0 aliphatic carbocycles. The summed E-state index contributed by atoms with van der Waals surface area (Å²) in [5.74, 6) is -1.16. The number of rotatable bonds is 8. The molecule has 0 amide bonds. The van der Waals surface area contributed by atoms with Gasteiger partial charge in [-0.1, -0.05) is 49.4 Å². The van der Waals surface area contributed by atoms with E-state index in [2.05, 4.69) is 4.98 Å². The Labute approximate surface area is 192 Å². The van der Waals surface area contributed by atoms with Crippen LogP contribution >= 0.6 is 0 Å². The summed E-state index contributed by atoms with van der Waals surface area (Å²) in [7, 11) is 3.85. The zero-order valence-corrected chi connectivity index (χ0v) is 19.1. The molecule has 0 bridgehead atoms. The number of hydrogen-bond donors (Lipinski definition) is 0. The molecule has 0 atom stereocenters. The normalized spacial score (nSPS) is 10.5. The summed E-state index contributed by atoms with van der Waals surface area (Å²) in [6, 6.07) is 14.8. The number of carbonyl (C=O) groups excluding carboxylic acids is 3. The summed E-state index contributed by atoms with van der Waals surface area (Å²) in [5, 5.41) is 0. The van der Waals surface area contributed by atoms with Crippen LogP contribution in [0.3, 0.4) is 0 Å². The van der Waals surface area contributed by atoms with Gasteiger partial charge in [0.05, 0.1) is 26.9 Å². The zero-order valence-electron chi connectivity index (χ0n) is 19.1. The van der Waals surface area contributed by atoms with Crippen LogP contribution in [0.4, 0.5) is 0 Å². The third-order valence-electron chi connectivity index (χ3n) is 5.22. The van der Waals surface area contributed by atoms with Gasteiger partial charge in [0.25, 0.3) is 0 Å². The molecule has 0 saturated carbocycles. The smallest absolute Gasteiger partial charge is 0.359 e. The first kappa shape index (κ1) is 23.7. The van der Waals surface area contributed by atoms with Crippen molar-refractivity contribution in [3.63, 3.8) is 0 Å². The molecule has 0 N–H and O–H groups in total. The molecular weight excluding hydrogens is 424 g/mol. The van der Waals surface area contributed by atoms with Crippen molar-refractivity contribution in [1.82, 2.24) is 9.55 Å². The quantitative estimate of drug-likeness (QED) is 0.379. The maximum Gasteiger partial charge on any atom is 0.359 e. The molecule has 0 radical (unpaired) electrons. The largest absolute Gasteiger partial charge is 0.465 e. The molecule has 0 aliphatic heterocycles. The number of imidazole rings is 1. The van der Waals surface area contributed by atoms with E-state index in [4.69, 9.17) is 14.2 Å². The van der Waals surface area contributed by atoms with Crippen LogP contribution in [0.15, 0.2) is 48.5 Å². The molecule has 33 heavy (non-hydrogen) atoms. The van der Waals surface area contributed by atoms with Crippen LogP contribution in [0.2, 0.25) is 0 Å². The highest BCUT2D eigenvalue weighted by Gasteiger charge is 2.28. The predicted octanol–water partition coefficient (Wildman–Crippen LogP) is 3.91. The first-order valence-electron chi connectivity index (χ1n) is 10.5. The van der Waals surface area contributed by atoms with Crippen molar-refractivity contribution in [3.05, 3.63) is 76.9 Å². The third-order valence-corrected chi connectivity index (χ3v) is 5.22. The summed E-state index contributed by atoms with van der Waals surface area (Å²) in [6.07, 6.45) is 1.35. The number of nitrogens with zero attached hydrogens (tertiary/aromatic N) is 2. The molecule has 172 valence electrons. The topological polar surface area (TPSA) is 96.7 Å². The predicted molar refractivity (Wildman–Crippen MR) is 121 cm³/mol. The van der Waals surface area contributed by atoms with E-state index in [1.807, 2.05) is 43.3 Å². The Morgan fingerprint density at radius 3 is 2.09 bits per heavy atom. The van der Waals surface area contributed by atoms with Crippen LogP contribution in [-0.4, -0.2) is 48.8 Å². The van der Waals surface area contributed by atoms with Crippen molar-refractivity contribution in [1.29, 1.82) is 0 Å². The molecule has 3 aromatic rings. The summed E-state index contributed by atoms with van der Waals surface area (Å²) in [6.45, 7) is 2.30. The summed E-state index contributed by atoms with van der Waals surface area (Å²) in [4.78, 5) is 41.3. The molecule has 0 fully saturated rings. The maximum absolute atomic E-state index is 12.5. The van der Waals surface area contributed by atoms with Crippen molar-refractivity contribution in [2.45, 2.75) is 26.3 Å². The number of carbonyl (C=O) groups is 3. The minimum atomic E-state index is -0.693. The summed E-state index contributed by atoms with van der Waals surface area (Å²) >= 11 is 0. The summed E-state index contributed by atoms with van der Waals surface area (Å²) < 4.78 is 16.3. The molecular formula is C25H26N2O6. The second-order valence-electron chi connectivity index (χ2n) is 7.28. The van der Waals surface area contributed by atoms with Gasteiger partial charge in [-0.2, -0.15) is 0 Å². The van der Waals surface area contributed by atoms with E-state index in [1.54, 1.807) is 16.7 Å². The monoisotopic (exact) mass is 450 g/mol. The molecule has 1 heterocycles. The van der Waals surface area contributed by atoms with Gasteiger partial charge in [0.1, 0.15) is 5.82 Å². The van der Waals surface area contributed by atoms with Gasteiger partial charge < -0.3 is 18.8 Å². The van der Waals surface area contributed by atoms with Crippen LogP contribution in [-0.2, 0) is 27.2 Å². The molecule has 2 aromatic carbocycles. The molecule has 1 aromatic heterocycles. The minimum Gasteiger partial charge on any atom is -0.465 e. The maximum atomic E-state index is 12.5. The fourth-order valence-electron chi connectivity index (χ4n) is 3.62. The van der Waals surface area contributed by atoms with E-state index < -0.39 is 17.9 Å². The van der Waals surface area contributed by atoms with E-state index in [1.165, 1.54) is 21.3 Å². The lowest BCUT2D eigenvalue weighted by atomic mass is 9.98. The number of ether oxygens (including phenoxy) is 3. The van der Waals surface area contributed by atoms with Gasteiger partial charge >= 0.3 is 17.9 Å². The van der Waals surface area contributed by atoms with Gasteiger partial charge in [-0.15, -0.1) is 0 Å². The second kappa shape index (κ2) is 10.6. The number of esters is 3. The Balaban J connectivity index is 2.01. The molecule has 8 nitrogen and oxygen atoms in total. The zero-order chi connectivity index (χ0) is 24.0. The third kappa shape index (κ3) is 4.95. The van der Waals surface area contributed by atoms with Crippen molar-refractivity contribution in [3.8, 4) is 11.1 Å². The average molecular weight is 450 g/mol. The first-order valence-corrected chi connectivity index (χ1v) is 10.5. The standard InChI is InChI=1S/C25H26N2O6/c1-5-8-20-26-21(24(29)32-3)22(25(30)33-4)27(20)15-16-11-13-17(14-12-16)18-9-6-7-10-19(18)23(28)31-2/h6-7,9-14H,5,8,15H2,1-4H3. The number of aromatic nitrogens is 2. The summed E-state index contributed by atoms with van der Waals surface area (Å²) in [5.41, 5.74) is 2.97. The molecule has 0 saturated heterocycles. The van der Waals surface area contributed by atoms with Gasteiger partial charge in [0.2, 0.25) is 0 Å². The Morgan fingerprint density at radius 1 is 0.848 bits per heavy atom. The van der Waals surface area contributed by atoms with E-state index in [-0.39, 0.29) is 11.4 Å². The fraction of sp³-hybridized carbons (Fsp3) is 0.280. The first-order chi connectivity index (χ1) is 15.9. The van der Waals surface area contributed by atoms with Crippen LogP contribution in [0.1, 0.15) is 56.1 Å². The lowest BCUT2D eigenvalue weighted by Gasteiger charge is -2.12. The van der Waals surface area contributed by atoms with Gasteiger partial charge in [-0.3, -0.25) is 0 Å². The number of benzene rings is 2. The van der Waals surface area contributed by atoms with E-state index in [0.29, 0.717) is 24.4 Å². The van der Waals surface area contributed by atoms with E-state index in [0.717, 1.165) is 23.1 Å². The Morgan fingerprint density at radius 2 is 1.48 bits per heavy atom. The molecule has 0 spiro atoms. The van der Waals surface area contributed by atoms with Crippen LogP contribution in [0.25, 0.3) is 11.1 Å². The average Bonchev–Trinajstić information content (AvgIpc) is 3.21. The SMILES string of the molecule is CCCc1nc(C(=O)OC)c(C(=O)OC)n1Cc1ccc(-c2ccccc2C(=O)OC)cc1. The number of methoxy groups -OCH3 is 3. The molecule has 8 heteroatoms. The van der Waals surface area contributed by atoms with Crippen molar-refractivity contribution in [2.75, 3.05) is 21.3 Å². The Kier molecular flexibility index (Phi) is 7.61. The van der Waals surface area contributed by atoms with Gasteiger partial charge in [-0.05, 0) is 29.2 Å². The van der Waals surface area contributed by atoms with Crippen LogP contribution < -0.4 is 0 Å². The lowest BCUT2D eigenvalue weighted by Crippen LogP contribution is -2.17. The highest BCUT2D eigenvalue weighted by atomic mass is 16.5. The van der Waals surface area contributed by atoms with E-state index >= 15 is 0 Å². The van der Waals surface area contributed by atoms with Crippen LogP contribution in [0, 0.1) is 0 Å². The fourth-order valence-corrected chi connectivity index (χ4v) is 3.62. The Bertz CT molecular complexity index is 1160. The highest BCUT2D eigenvalue weighted by molar-refractivity contribution is 6.01. The molecule has 0 aliphatic rings. The highest BCUT2D eigenvalue weighted by Crippen LogP contribution is 2.26. The van der Waals surface area contributed by atoms with Crippen molar-refractivity contribution < 1.29 is 28.6 Å². The van der Waals surface area contributed by atoms with Crippen LogP contribution in [0.5, 0.6) is 0 Å². The molecule has 3 rings (SSSR count). The van der Waals surface area contributed by atoms with Gasteiger partial charge in [0, 0.05) is 13.0 Å². The minimum absolute atomic E-state index is 0.0589. The second-order valence-corrected chi connectivity index (χ2v) is 7.28. The van der Waals surface area contributed by atoms with Crippen molar-refractivity contribution >= 4 is 17.9 Å². The lowest BCUT2D eigenvalue weighted by molar-refractivity contribution is 0.0544. The van der Waals surface area contributed by atoms with Crippen molar-refractivity contribution in [2.24, 2.45) is 0 Å². The van der Waals surface area contributed by atoms with Gasteiger partial charge in [-0.25, -0.2) is 19.4 Å². The number of aryl methyl sites for hydroxylation is 1.